The molecule has 0 unspecified atom stereocenters. The summed E-state index contributed by atoms with van der Waals surface area (Å²) in [6.45, 7) is 20.5. The van der Waals surface area contributed by atoms with Crippen LogP contribution in [0.15, 0.2) is 24.3 Å². The quantitative estimate of drug-likeness (QED) is 0.505. The molecule has 146 valence electrons. The normalized spacial score (nSPS) is 10.2. The molecule has 0 aliphatic rings. The molecule has 26 heavy (non-hydrogen) atoms. The molecule has 2 aromatic rings. The van der Waals surface area contributed by atoms with Crippen molar-refractivity contribution in [1.29, 1.82) is 0 Å². The Morgan fingerprint density at radius 1 is 0.615 bits per heavy atom. The average Bonchev–Trinajstić information content (AvgIpc) is 2.58. The summed E-state index contributed by atoms with van der Waals surface area (Å²) in [5.41, 5.74) is 6.93. The molecule has 0 atom stereocenters. The lowest BCUT2D eigenvalue weighted by molar-refractivity contribution is 0.500. The average molecular weight is 363 g/mol. The van der Waals surface area contributed by atoms with Crippen LogP contribution in [0.2, 0.25) is 0 Å². The predicted molar refractivity (Wildman–Crippen MR) is 111 cm³/mol. The fourth-order valence-corrected chi connectivity index (χ4v) is 2.49. The van der Waals surface area contributed by atoms with Crippen molar-refractivity contribution >= 4 is 0 Å². The second-order valence-corrected chi connectivity index (χ2v) is 7.22. The van der Waals surface area contributed by atoms with Gasteiger partial charge in [-0.15, -0.1) is 0 Å². The van der Waals surface area contributed by atoms with Gasteiger partial charge in [-0.05, 0) is 79.0 Å². The van der Waals surface area contributed by atoms with E-state index in [1.165, 1.54) is 28.3 Å². The van der Waals surface area contributed by atoms with Crippen molar-refractivity contribution in [3.8, 4) is 0 Å². The molecule has 0 spiro atoms. The van der Waals surface area contributed by atoms with Crippen molar-refractivity contribution in [3.63, 3.8) is 0 Å². The molecule has 0 saturated heterocycles. The Hall–Kier alpha value is -1.70. The van der Waals surface area contributed by atoms with Crippen molar-refractivity contribution in [1.82, 2.24) is 0 Å². The molecule has 0 fully saturated rings. The van der Waals surface area contributed by atoms with Gasteiger partial charge in [0.1, 0.15) is 0 Å². The zero-order chi connectivity index (χ0) is 20.6. The zero-order valence-corrected chi connectivity index (χ0v) is 18.2. The van der Waals surface area contributed by atoms with Crippen molar-refractivity contribution < 1.29 is 8.78 Å². The minimum absolute atomic E-state index is 0.235. The van der Waals surface area contributed by atoms with Crippen LogP contribution >= 0.6 is 0 Å². The minimum Gasteiger partial charge on any atom is -0.204 e. The first kappa shape index (κ1) is 24.3. The highest BCUT2D eigenvalue weighted by Gasteiger charge is 2.08. The molecule has 0 nitrogen and oxygen atoms in total. The lowest BCUT2D eigenvalue weighted by Crippen LogP contribution is -1.95. The smallest absolute Gasteiger partial charge is 0.161 e. The van der Waals surface area contributed by atoms with Crippen molar-refractivity contribution in [2.24, 2.45) is 0 Å². The van der Waals surface area contributed by atoms with Crippen LogP contribution < -0.4 is 0 Å². The third-order valence-electron chi connectivity index (χ3n) is 4.52. The molecule has 0 amide bonds. The van der Waals surface area contributed by atoms with Crippen LogP contribution in [0, 0.1) is 39.3 Å². The Morgan fingerprint density at radius 3 is 1.31 bits per heavy atom. The second kappa shape index (κ2) is 11.1. The van der Waals surface area contributed by atoms with Gasteiger partial charge in [0.25, 0.3) is 0 Å². The highest BCUT2D eigenvalue weighted by molar-refractivity contribution is 5.37. The maximum atomic E-state index is 12.8. The Morgan fingerprint density at radius 2 is 0.962 bits per heavy atom. The van der Waals surface area contributed by atoms with Crippen LogP contribution in [0.3, 0.4) is 0 Å². The van der Waals surface area contributed by atoms with Crippen molar-refractivity contribution in [3.05, 3.63) is 69.3 Å². The number of hydrogen-bond donors (Lipinski definition) is 0. The Balaban J connectivity index is 0.000000439. The van der Waals surface area contributed by atoms with E-state index in [2.05, 4.69) is 46.8 Å². The summed E-state index contributed by atoms with van der Waals surface area (Å²) in [6.07, 6.45) is 0. The summed E-state index contributed by atoms with van der Waals surface area (Å²) in [5, 5.41) is 0. The van der Waals surface area contributed by atoms with E-state index in [-0.39, 0.29) is 5.92 Å². The van der Waals surface area contributed by atoms with Gasteiger partial charge in [0.2, 0.25) is 0 Å². The third-order valence-corrected chi connectivity index (χ3v) is 4.52. The molecule has 2 rings (SSSR count). The Bertz CT molecular complexity index is 590. The van der Waals surface area contributed by atoms with E-state index in [1.54, 1.807) is 13.0 Å². The molecular weight excluding hydrogens is 326 g/mol. The monoisotopic (exact) mass is 362 g/mol. The molecule has 0 N–H and O–H groups in total. The Labute approximate surface area is 159 Å². The summed E-state index contributed by atoms with van der Waals surface area (Å²) < 4.78 is 25.6. The molecule has 0 aliphatic heterocycles. The molecule has 0 aromatic heterocycles. The van der Waals surface area contributed by atoms with Gasteiger partial charge in [0.05, 0.1) is 0 Å². The molecule has 2 heteroatoms. The van der Waals surface area contributed by atoms with E-state index in [1.807, 2.05) is 27.7 Å². The van der Waals surface area contributed by atoms with Crippen LogP contribution in [-0.4, -0.2) is 0 Å². The van der Waals surface area contributed by atoms with Crippen molar-refractivity contribution in [2.75, 3.05) is 0 Å². The SMILES string of the molecule is CC.Cc1cc(C(C)C)cc(C)c1C.Cc1cc(C(C)C)cc(F)c1F. The van der Waals surface area contributed by atoms with Gasteiger partial charge in [-0.3, -0.25) is 0 Å². The first-order chi connectivity index (χ1) is 12.0. The van der Waals surface area contributed by atoms with E-state index < -0.39 is 11.6 Å². The summed E-state index contributed by atoms with van der Waals surface area (Å²) in [4.78, 5) is 0. The highest BCUT2D eigenvalue weighted by atomic mass is 19.2. The standard InChI is InChI=1S/C12H18.C10H12F2.C2H6/c1-8(2)12-6-9(3)11(5)10(4)7-12;1-6(2)8-4-7(3)10(12)9(11)5-8;1-2/h6-8H,1-5H3;4-6H,1-3H3;1-2H3. The van der Waals surface area contributed by atoms with E-state index in [0.717, 1.165) is 5.56 Å². The fraction of sp³-hybridized carbons (Fsp3) is 0.500. The molecule has 0 bridgehead atoms. The van der Waals surface area contributed by atoms with E-state index >= 15 is 0 Å². The van der Waals surface area contributed by atoms with Gasteiger partial charge in [-0.1, -0.05) is 59.7 Å². The minimum atomic E-state index is -0.751. The lowest BCUT2D eigenvalue weighted by atomic mass is 9.95. The predicted octanol–water partition coefficient (Wildman–Crippen LogP) is 8.16. The lowest BCUT2D eigenvalue weighted by Gasteiger charge is -2.11. The number of rotatable bonds is 2. The number of hydrogen-bond acceptors (Lipinski definition) is 0. The first-order valence-electron chi connectivity index (χ1n) is 9.57. The van der Waals surface area contributed by atoms with Gasteiger partial charge in [0.15, 0.2) is 11.6 Å². The molecule has 0 radical (unpaired) electrons. The molecular formula is C24H36F2. The van der Waals surface area contributed by atoms with Crippen LogP contribution in [0.5, 0.6) is 0 Å². The summed E-state index contributed by atoms with van der Waals surface area (Å²) in [6, 6.07) is 7.54. The van der Waals surface area contributed by atoms with E-state index in [9.17, 15) is 8.78 Å². The summed E-state index contributed by atoms with van der Waals surface area (Å²) >= 11 is 0. The summed E-state index contributed by atoms with van der Waals surface area (Å²) in [7, 11) is 0. The first-order valence-corrected chi connectivity index (χ1v) is 9.57. The zero-order valence-electron chi connectivity index (χ0n) is 18.2. The fourth-order valence-electron chi connectivity index (χ4n) is 2.49. The molecule has 0 heterocycles. The topological polar surface area (TPSA) is 0 Å². The van der Waals surface area contributed by atoms with Gasteiger partial charge in [0, 0.05) is 0 Å². The maximum absolute atomic E-state index is 12.8. The molecule has 0 saturated carbocycles. The highest BCUT2D eigenvalue weighted by Crippen LogP contribution is 2.21. The third kappa shape index (κ3) is 6.90. The van der Waals surface area contributed by atoms with Crippen LogP contribution in [0.4, 0.5) is 8.78 Å². The maximum Gasteiger partial charge on any atom is 0.161 e. The largest absolute Gasteiger partial charge is 0.204 e. The van der Waals surface area contributed by atoms with Gasteiger partial charge in [-0.25, -0.2) is 8.78 Å². The van der Waals surface area contributed by atoms with Gasteiger partial charge < -0.3 is 0 Å². The summed E-state index contributed by atoms with van der Waals surface area (Å²) in [5.74, 6) is -0.611. The Kier molecular flexibility index (Phi) is 10.4. The van der Waals surface area contributed by atoms with Gasteiger partial charge in [-0.2, -0.15) is 0 Å². The number of aryl methyl sites for hydroxylation is 3. The molecule has 2 aromatic carbocycles. The van der Waals surface area contributed by atoms with E-state index in [4.69, 9.17) is 0 Å². The molecule has 0 aliphatic carbocycles. The van der Waals surface area contributed by atoms with Crippen LogP contribution in [-0.2, 0) is 0 Å². The number of halogens is 2. The van der Waals surface area contributed by atoms with E-state index in [0.29, 0.717) is 11.5 Å². The van der Waals surface area contributed by atoms with Crippen LogP contribution in [0.25, 0.3) is 0 Å². The van der Waals surface area contributed by atoms with Crippen LogP contribution in [0.1, 0.15) is 86.8 Å². The second-order valence-electron chi connectivity index (χ2n) is 7.22. The van der Waals surface area contributed by atoms with Gasteiger partial charge >= 0.3 is 0 Å². The number of benzene rings is 2. The van der Waals surface area contributed by atoms with Crippen molar-refractivity contribution in [2.45, 2.75) is 81.1 Å².